The fourth-order valence-electron chi connectivity index (χ4n) is 0.398. The number of hydrogen-bond donors (Lipinski definition) is 0. The molecule has 1 saturated heterocycles. The molecule has 0 aliphatic carbocycles. The van der Waals surface area contributed by atoms with Crippen LogP contribution in [-0.2, 0) is 14.2 Å². The fraction of sp³-hybridized carbons (Fsp3) is 1.00. The first kappa shape index (κ1) is 6.01. The van der Waals surface area contributed by atoms with Crippen molar-refractivity contribution in [1.29, 1.82) is 0 Å². The second kappa shape index (κ2) is 3.02. The minimum atomic E-state index is 0.0742. The second-order valence-corrected chi connectivity index (χ2v) is 1.63. The van der Waals surface area contributed by atoms with Crippen molar-refractivity contribution in [3.05, 3.63) is 0 Å². The molecule has 0 aromatic heterocycles. The lowest BCUT2D eigenvalue weighted by molar-refractivity contribution is 0.0169. The highest BCUT2D eigenvalue weighted by Crippen LogP contribution is 2.08. The molecule has 0 bridgehead atoms. The van der Waals surface area contributed by atoms with Gasteiger partial charge in [0.15, 0.2) is 6.29 Å². The van der Waals surface area contributed by atoms with Crippen LogP contribution >= 0.6 is 0 Å². The van der Waals surface area contributed by atoms with Gasteiger partial charge >= 0.3 is 0 Å². The third-order valence-electron chi connectivity index (χ3n) is 0.894. The predicted molar refractivity (Wildman–Crippen MR) is 27.6 cm³/mol. The Balaban J connectivity index is 1.74. The van der Waals surface area contributed by atoms with E-state index in [0.717, 1.165) is 6.61 Å². The minimum absolute atomic E-state index is 0.0742. The molecule has 0 N–H and O–H groups in total. The van der Waals surface area contributed by atoms with Gasteiger partial charge < -0.3 is 14.2 Å². The summed E-state index contributed by atoms with van der Waals surface area (Å²) < 4.78 is 14.6. The van der Waals surface area contributed by atoms with E-state index >= 15 is 0 Å². The highest BCUT2D eigenvalue weighted by Gasteiger charge is 2.22. The molecule has 1 unspecified atom stereocenters. The Labute approximate surface area is 48.5 Å². The monoisotopic (exact) mass is 118 g/mol. The Morgan fingerprint density at radius 1 is 1.62 bits per heavy atom. The van der Waals surface area contributed by atoms with Crippen molar-refractivity contribution in [1.82, 2.24) is 0 Å². The molecule has 48 valence electrons. The standard InChI is InChI=1S/C5H10O3/c1-6-2-3-7-5-4-8-5/h5H,2-4H2,1H3. The molecular weight excluding hydrogens is 108 g/mol. The number of epoxide rings is 1. The van der Waals surface area contributed by atoms with E-state index in [4.69, 9.17) is 14.2 Å². The summed E-state index contributed by atoms with van der Waals surface area (Å²) in [6.45, 7) is 2.05. The van der Waals surface area contributed by atoms with Gasteiger partial charge in [-0.2, -0.15) is 0 Å². The summed E-state index contributed by atoms with van der Waals surface area (Å²) in [5.74, 6) is 0. The van der Waals surface area contributed by atoms with Crippen molar-refractivity contribution < 1.29 is 14.2 Å². The van der Waals surface area contributed by atoms with Crippen LogP contribution in [0.15, 0.2) is 0 Å². The first-order valence-electron chi connectivity index (χ1n) is 2.65. The van der Waals surface area contributed by atoms with E-state index in [9.17, 15) is 0 Å². The summed E-state index contributed by atoms with van der Waals surface area (Å²) in [4.78, 5) is 0. The molecule has 1 atom stereocenters. The Morgan fingerprint density at radius 3 is 2.88 bits per heavy atom. The summed E-state index contributed by atoms with van der Waals surface area (Å²) in [6.07, 6.45) is 0.0742. The van der Waals surface area contributed by atoms with Gasteiger partial charge in [-0.1, -0.05) is 0 Å². The maximum Gasteiger partial charge on any atom is 0.181 e. The van der Waals surface area contributed by atoms with E-state index < -0.39 is 0 Å². The molecule has 0 saturated carbocycles. The van der Waals surface area contributed by atoms with E-state index in [1.165, 1.54) is 0 Å². The van der Waals surface area contributed by atoms with Crippen LogP contribution in [0.3, 0.4) is 0 Å². The molecule has 0 radical (unpaired) electrons. The molecule has 0 spiro atoms. The molecule has 8 heavy (non-hydrogen) atoms. The Hall–Kier alpha value is -0.120. The number of methoxy groups -OCH3 is 1. The third kappa shape index (κ3) is 2.26. The van der Waals surface area contributed by atoms with Gasteiger partial charge in [0.25, 0.3) is 0 Å². The molecule has 0 aromatic carbocycles. The minimum Gasteiger partial charge on any atom is -0.382 e. The lowest BCUT2D eigenvalue weighted by Crippen LogP contribution is -2.03. The van der Waals surface area contributed by atoms with Crippen molar-refractivity contribution in [3.63, 3.8) is 0 Å². The Bertz CT molecular complexity index is 60.7. The number of ether oxygens (including phenoxy) is 3. The quantitative estimate of drug-likeness (QED) is 0.384. The van der Waals surface area contributed by atoms with Crippen LogP contribution in [0.5, 0.6) is 0 Å². The van der Waals surface area contributed by atoms with Crippen LogP contribution in [0.2, 0.25) is 0 Å². The van der Waals surface area contributed by atoms with E-state index in [-0.39, 0.29) is 6.29 Å². The van der Waals surface area contributed by atoms with Crippen molar-refractivity contribution in [2.45, 2.75) is 6.29 Å². The van der Waals surface area contributed by atoms with E-state index in [1.807, 2.05) is 0 Å². The van der Waals surface area contributed by atoms with E-state index in [0.29, 0.717) is 13.2 Å². The molecule has 0 aromatic rings. The van der Waals surface area contributed by atoms with E-state index in [1.54, 1.807) is 7.11 Å². The van der Waals surface area contributed by atoms with Gasteiger partial charge in [0, 0.05) is 7.11 Å². The summed E-state index contributed by atoms with van der Waals surface area (Å²) in [5.41, 5.74) is 0. The predicted octanol–water partition coefficient (Wildman–Crippen LogP) is 0.00570. The largest absolute Gasteiger partial charge is 0.382 e. The van der Waals surface area contributed by atoms with Crippen molar-refractivity contribution in [3.8, 4) is 0 Å². The second-order valence-electron chi connectivity index (χ2n) is 1.63. The normalized spacial score (nSPS) is 25.9. The zero-order valence-corrected chi connectivity index (χ0v) is 4.92. The topological polar surface area (TPSA) is 31.0 Å². The fourth-order valence-corrected chi connectivity index (χ4v) is 0.398. The van der Waals surface area contributed by atoms with Crippen LogP contribution in [0.25, 0.3) is 0 Å². The zero-order valence-electron chi connectivity index (χ0n) is 4.92. The molecule has 1 heterocycles. The highest BCUT2D eigenvalue weighted by atomic mass is 16.8. The summed E-state index contributed by atoms with van der Waals surface area (Å²) in [7, 11) is 1.65. The molecule has 1 fully saturated rings. The molecule has 0 amide bonds. The zero-order chi connectivity index (χ0) is 5.82. The number of rotatable bonds is 4. The van der Waals surface area contributed by atoms with Crippen molar-refractivity contribution >= 4 is 0 Å². The molecule has 3 heteroatoms. The van der Waals surface area contributed by atoms with Crippen LogP contribution in [0, 0.1) is 0 Å². The summed E-state index contributed by atoms with van der Waals surface area (Å²) >= 11 is 0. The SMILES string of the molecule is COCCOC1CO1. The van der Waals surface area contributed by atoms with Crippen molar-refractivity contribution in [2.24, 2.45) is 0 Å². The smallest absolute Gasteiger partial charge is 0.181 e. The molecule has 1 aliphatic heterocycles. The lowest BCUT2D eigenvalue weighted by atomic mass is 10.7. The average Bonchev–Trinajstić information content (AvgIpc) is 2.51. The lowest BCUT2D eigenvalue weighted by Gasteiger charge is -1.95. The van der Waals surface area contributed by atoms with Gasteiger partial charge in [-0.15, -0.1) is 0 Å². The highest BCUT2D eigenvalue weighted by molar-refractivity contribution is 4.54. The van der Waals surface area contributed by atoms with Gasteiger partial charge in [0.1, 0.15) is 6.61 Å². The van der Waals surface area contributed by atoms with Crippen LogP contribution in [-0.4, -0.2) is 33.2 Å². The maximum atomic E-state index is 5.05. The van der Waals surface area contributed by atoms with E-state index in [2.05, 4.69) is 0 Å². The van der Waals surface area contributed by atoms with Crippen molar-refractivity contribution in [2.75, 3.05) is 26.9 Å². The van der Waals surface area contributed by atoms with Crippen LogP contribution in [0.4, 0.5) is 0 Å². The number of hydrogen-bond acceptors (Lipinski definition) is 3. The average molecular weight is 118 g/mol. The first-order valence-corrected chi connectivity index (χ1v) is 2.65. The van der Waals surface area contributed by atoms with Gasteiger partial charge in [0.05, 0.1) is 13.2 Å². The van der Waals surface area contributed by atoms with Crippen LogP contribution < -0.4 is 0 Å². The Kier molecular flexibility index (Phi) is 2.27. The summed E-state index contributed by atoms with van der Waals surface area (Å²) in [5, 5.41) is 0. The molecule has 1 aliphatic rings. The first-order chi connectivity index (χ1) is 3.93. The molecular formula is C5H10O3. The summed E-state index contributed by atoms with van der Waals surface area (Å²) in [6, 6.07) is 0. The third-order valence-corrected chi connectivity index (χ3v) is 0.894. The van der Waals surface area contributed by atoms with Crippen LogP contribution in [0.1, 0.15) is 0 Å². The van der Waals surface area contributed by atoms with Gasteiger partial charge in [-0.3, -0.25) is 0 Å². The molecule has 1 rings (SSSR count). The van der Waals surface area contributed by atoms with Gasteiger partial charge in [-0.05, 0) is 0 Å². The molecule has 3 nitrogen and oxygen atoms in total. The maximum absolute atomic E-state index is 5.05. The van der Waals surface area contributed by atoms with Gasteiger partial charge in [-0.25, -0.2) is 0 Å². The Morgan fingerprint density at radius 2 is 2.38 bits per heavy atom. The van der Waals surface area contributed by atoms with Gasteiger partial charge in [0.2, 0.25) is 0 Å².